The Kier molecular flexibility index (Phi) is 11.7. The fourth-order valence-corrected chi connectivity index (χ4v) is 2.07. The van der Waals surface area contributed by atoms with Crippen molar-refractivity contribution in [2.24, 2.45) is 0 Å². The van der Waals surface area contributed by atoms with Crippen LogP contribution in [0.1, 0.15) is 91.4 Å². The average Bonchev–Trinajstić information content (AvgIpc) is 2.34. The topological polar surface area (TPSA) is 20.2 Å². The molecule has 0 aliphatic carbocycles. The Morgan fingerprint density at radius 3 is 1.76 bits per heavy atom. The summed E-state index contributed by atoms with van der Waals surface area (Å²) < 4.78 is 0. The molecule has 1 N–H and O–H groups in total. The summed E-state index contributed by atoms with van der Waals surface area (Å²) in [4.78, 5) is 0. The average molecular weight is 240 g/mol. The molecule has 0 bridgehead atoms. The van der Waals surface area contributed by atoms with Crippen molar-refractivity contribution >= 4 is 0 Å². The Morgan fingerprint density at radius 2 is 1.18 bits per heavy atom. The van der Waals surface area contributed by atoms with E-state index in [1.807, 2.05) is 0 Å². The largest absolute Gasteiger partial charge is 0.512 e. The van der Waals surface area contributed by atoms with E-state index in [2.05, 4.69) is 20.8 Å². The first-order valence-corrected chi connectivity index (χ1v) is 7.59. The molecule has 0 unspecified atom stereocenters. The molecular weight excluding hydrogens is 208 g/mol. The van der Waals surface area contributed by atoms with Crippen LogP contribution in [0.15, 0.2) is 11.3 Å². The number of hydrogen-bond acceptors (Lipinski definition) is 1. The zero-order valence-electron chi connectivity index (χ0n) is 12.2. The first-order chi connectivity index (χ1) is 8.22. The van der Waals surface area contributed by atoms with Crippen molar-refractivity contribution in [2.45, 2.75) is 91.4 Å². The van der Waals surface area contributed by atoms with Gasteiger partial charge >= 0.3 is 0 Å². The molecule has 0 heterocycles. The summed E-state index contributed by atoms with van der Waals surface area (Å²) in [5.74, 6) is 0.665. The Hall–Kier alpha value is -0.460. The lowest BCUT2D eigenvalue weighted by Crippen LogP contribution is -1.90. The van der Waals surface area contributed by atoms with E-state index in [-0.39, 0.29) is 0 Å². The molecule has 0 aliphatic heterocycles. The molecule has 0 saturated heterocycles. The van der Waals surface area contributed by atoms with Gasteiger partial charge in [0.05, 0.1) is 5.76 Å². The van der Waals surface area contributed by atoms with Crippen molar-refractivity contribution in [3.05, 3.63) is 11.3 Å². The van der Waals surface area contributed by atoms with Gasteiger partial charge in [-0.3, -0.25) is 0 Å². The van der Waals surface area contributed by atoms with Crippen molar-refractivity contribution in [1.82, 2.24) is 0 Å². The summed E-state index contributed by atoms with van der Waals surface area (Å²) in [6.07, 6.45) is 13.5. The van der Waals surface area contributed by atoms with Gasteiger partial charge in [0.1, 0.15) is 0 Å². The molecule has 0 fully saturated rings. The van der Waals surface area contributed by atoms with Gasteiger partial charge in [0.2, 0.25) is 0 Å². The second kappa shape index (κ2) is 12.0. The van der Waals surface area contributed by atoms with Crippen molar-refractivity contribution < 1.29 is 5.11 Å². The van der Waals surface area contributed by atoms with Gasteiger partial charge in [0.25, 0.3) is 0 Å². The summed E-state index contributed by atoms with van der Waals surface area (Å²) >= 11 is 0. The molecular formula is C16H32O. The lowest BCUT2D eigenvalue weighted by atomic mass is 10.0. The van der Waals surface area contributed by atoms with Crippen molar-refractivity contribution in [3.8, 4) is 0 Å². The van der Waals surface area contributed by atoms with Gasteiger partial charge in [-0.15, -0.1) is 0 Å². The lowest BCUT2D eigenvalue weighted by Gasteiger charge is -2.06. The maximum Gasteiger partial charge on any atom is 0.0911 e. The number of hydrogen-bond donors (Lipinski definition) is 1. The van der Waals surface area contributed by atoms with Crippen LogP contribution in [0.4, 0.5) is 0 Å². The molecule has 0 atom stereocenters. The van der Waals surface area contributed by atoms with Crippen LogP contribution in [0.25, 0.3) is 0 Å². The summed E-state index contributed by atoms with van der Waals surface area (Å²) in [6.45, 7) is 6.56. The maximum atomic E-state index is 9.91. The summed E-state index contributed by atoms with van der Waals surface area (Å²) in [6, 6.07) is 0. The molecule has 0 aromatic rings. The molecule has 1 nitrogen and oxygen atoms in total. The van der Waals surface area contributed by atoms with E-state index in [9.17, 15) is 5.11 Å². The smallest absolute Gasteiger partial charge is 0.0911 e. The number of rotatable bonds is 11. The van der Waals surface area contributed by atoms with Gasteiger partial charge < -0.3 is 5.11 Å². The quantitative estimate of drug-likeness (QED) is 0.339. The van der Waals surface area contributed by atoms with Gasteiger partial charge in [-0.1, -0.05) is 58.8 Å². The molecule has 0 aliphatic rings. The van der Waals surface area contributed by atoms with Crippen molar-refractivity contribution in [3.63, 3.8) is 0 Å². The minimum absolute atomic E-state index is 0.665. The zero-order chi connectivity index (χ0) is 12.9. The maximum absolute atomic E-state index is 9.91. The lowest BCUT2D eigenvalue weighted by molar-refractivity contribution is 0.370. The molecule has 1 heteroatoms. The third-order valence-electron chi connectivity index (χ3n) is 3.42. The number of allylic oxidation sites excluding steroid dienone is 2. The molecule has 0 amide bonds. The highest BCUT2D eigenvalue weighted by molar-refractivity contribution is 5.04. The Morgan fingerprint density at radius 1 is 0.706 bits per heavy atom. The summed E-state index contributed by atoms with van der Waals surface area (Å²) in [5, 5.41) is 9.91. The van der Waals surface area contributed by atoms with Gasteiger partial charge in [-0.05, 0) is 31.8 Å². The molecule has 0 rings (SSSR count). The second-order valence-corrected chi connectivity index (χ2v) is 5.20. The number of aliphatic hydroxyl groups excluding tert-OH is 1. The first kappa shape index (κ1) is 16.5. The predicted octanol–water partition coefficient (Wildman–Crippen LogP) is 6.15. The van der Waals surface area contributed by atoms with Crippen LogP contribution in [0.5, 0.6) is 0 Å². The van der Waals surface area contributed by atoms with Crippen LogP contribution in [-0.2, 0) is 0 Å². The van der Waals surface area contributed by atoms with E-state index in [1.54, 1.807) is 0 Å². The third kappa shape index (κ3) is 10.4. The molecule has 17 heavy (non-hydrogen) atoms. The van der Waals surface area contributed by atoms with Gasteiger partial charge in [0.15, 0.2) is 0 Å². The normalized spacial score (nSPS) is 12.6. The first-order valence-electron chi connectivity index (χ1n) is 7.59. The minimum Gasteiger partial charge on any atom is -0.512 e. The molecule has 0 saturated carbocycles. The van der Waals surface area contributed by atoms with E-state index < -0.39 is 0 Å². The molecule has 0 aromatic carbocycles. The van der Waals surface area contributed by atoms with Gasteiger partial charge in [-0.2, -0.15) is 0 Å². The summed E-state index contributed by atoms with van der Waals surface area (Å²) in [7, 11) is 0. The molecule has 0 spiro atoms. The van der Waals surface area contributed by atoms with E-state index >= 15 is 0 Å². The predicted molar refractivity (Wildman–Crippen MR) is 77.5 cm³/mol. The van der Waals surface area contributed by atoms with Gasteiger partial charge in [-0.25, -0.2) is 0 Å². The van der Waals surface area contributed by atoms with Crippen LogP contribution in [0, 0.1) is 0 Å². The van der Waals surface area contributed by atoms with Crippen LogP contribution >= 0.6 is 0 Å². The highest BCUT2D eigenvalue weighted by atomic mass is 16.3. The van der Waals surface area contributed by atoms with Crippen LogP contribution < -0.4 is 0 Å². The minimum atomic E-state index is 0.665. The standard InChI is InChI=1S/C16H32O/c1-4-6-8-10-12-14-16(17)15(3)13-11-9-7-5-2/h17H,4-14H2,1-3H3. The van der Waals surface area contributed by atoms with E-state index in [4.69, 9.17) is 0 Å². The van der Waals surface area contributed by atoms with Crippen molar-refractivity contribution in [1.29, 1.82) is 0 Å². The highest BCUT2D eigenvalue weighted by Crippen LogP contribution is 2.17. The fraction of sp³-hybridized carbons (Fsp3) is 0.875. The van der Waals surface area contributed by atoms with E-state index in [1.165, 1.54) is 56.9 Å². The van der Waals surface area contributed by atoms with Crippen LogP contribution in [0.3, 0.4) is 0 Å². The molecule has 0 aromatic heterocycles. The highest BCUT2D eigenvalue weighted by Gasteiger charge is 2.00. The van der Waals surface area contributed by atoms with Crippen LogP contribution in [-0.4, -0.2) is 5.11 Å². The third-order valence-corrected chi connectivity index (χ3v) is 3.42. The SMILES string of the molecule is CCCCCCCC(O)=C(C)CCCCCC. The fourth-order valence-electron chi connectivity index (χ4n) is 2.07. The van der Waals surface area contributed by atoms with Crippen LogP contribution in [0.2, 0.25) is 0 Å². The Labute approximate surface area is 108 Å². The molecule has 0 radical (unpaired) electrons. The molecule has 102 valence electrons. The number of aliphatic hydroxyl groups is 1. The summed E-state index contributed by atoms with van der Waals surface area (Å²) in [5.41, 5.74) is 1.22. The second-order valence-electron chi connectivity index (χ2n) is 5.20. The zero-order valence-corrected chi connectivity index (χ0v) is 12.2. The Balaban J connectivity index is 3.57. The van der Waals surface area contributed by atoms with Crippen molar-refractivity contribution in [2.75, 3.05) is 0 Å². The van der Waals surface area contributed by atoms with Gasteiger partial charge in [0, 0.05) is 6.42 Å². The van der Waals surface area contributed by atoms with E-state index in [0.29, 0.717) is 5.76 Å². The van der Waals surface area contributed by atoms with E-state index in [0.717, 1.165) is 19.3 Å². The number of unbranched alkanes of at least 4 members (excludes halogenated alkanes) is 7. The monoisotopic (exact) mass is 240 g/mol. The Bertz CT molecular complexity index is 194.